The van der Waals surface area contributed by atoms with Crippen molar-refractivity contribution < 1.29 is 14.6 Å². The van der Waals surface area contributed by atoms with Crippen molar-refractivity contribution in [2.45, 2.75) is 46.1 Å². The van der Waals surface area contributed by atoms with Gasteiger partial charge in [0.05, 0.1) is 19.1 Å². The van der Waals surface area contributed by atoms with Gasteiger partial charge in [0, 0.05) is 5.41 Å². The minimum Gasteiger partial charge on any atom is -0.493 e. The first-order chi connectivity index (χ1) is 8.32. The molecule has 5 unspecified atom stereocenters. The third-order valence-corrected chi connectivity index (χ3v) is 6.62. The molecule has 0 aliphatic heterocycles. The number of hydrogen-bond acceptors (Lipinski definition) is 3. The zero-order valence-corrected chi connectivity index (χ0v) is 11.6. The molecule has 3 aliphatic carbocycles. The average molecular weight is 250 g/mol. The second-order valence-electron chi connectivity index (χ2n) is 6.89. The van der Waals surface area contributed by atoms with Crippen LogP contribution in [0.4, 0.5) is 0 Å². The Morgan fingerprint density at radius 2 is 2.00 bits per heavy atom. The van der Waals surface area contributed by atoms with E-state index in [1.165, 1.54) is 0 Å². The molecule has 0 saturated heterocycles. The van der Waals surface area contributed by atoms with Crippen LogP contribution < -0.4 is 0 Å². The highest BCUT2D eigenvalue weighted by Gasteiger charge is 2.74. The van der Waals surface area contributed by atoms with Crippen molar-refractivity contribution in [2.24, 2.45) is 22.2 Å². The van der Waals surface area contributed by atoms with Crippen molar-refractivity contribution >= 4 is 5.78 Å². The van der Waals surface area contributed by atoms with Gasteiger partial charge in [-0.15, -0.1) is 0 Å². The van der Waals surface area contributed by atoms with E-state index in [4.69, 9.17) is 4.74 Å². The molecule has 5 atom stereocenters. The van der Waals surface area contributed by atoms with Crippen LogP contribution in [0.25, 0.3) is 0 Å². The zero-order chi connectivity index (χ0) is 13.3. The van der Waals surface area contributed by atoms with Crippen LogP contribution in [-0.2, 0) is 9.53 Å². The van der Waals surface area contributed by atoms with E-state index in [0.29, 0.717) is 5.76 Å². The van der Waals surface area contributed by atoms with Gasteiger partial charge in [0.1, 0.15) is 0 Å². The molecule has 0 aromatic heterocycles. The predicted octanol–water partition coefficient (Wildman–Crippen LogP) is 2.29. The van der Waals surface area contributed by atoms with Gasteiger partial charge in [-0.3, -0.25) is 4.79 Å². The Balaban J connectivity index is 2.26. The molecule has 1 N–H and O–H groups in total. The van der Waals surface area contributed by atoms with Crippen LogP contribution in [0.1, 0.15) is 40.0 Å². The van der Waals surface area contributed by atoms with Gasteiger partial charge >= 0.3 is 0 Å². The van der Waals surface area contributed by atoms with Crippen LogP contribution in [0.5, 0.6) is 0 Å². The van der Waals surface area contributed by atoms with Crippen LogP contribution in [0.3, 0.4) is 0 Å². The Morgan fingerprint density at radius 1 is 1.33 bits per heavy atom. The molecule has 0 radical (unpaired) electrons. The van der Waals surface area contributed by atoms with Gasteiger partial charge in [0.25, 0.3) is 0 Å². The third-order valence-electron chi connectivity index (χ3n) is 6.62. The molecule has 18 heavy (non-hydrogen) atoms. The third kappa shape index (κ3) is 0.965. The number of allylic oxidation sites excluding steroid dienone is 1. The summed E-state index contributed by atoms with van der Waals surface area (Å²) in [6, 6.07) is 0. The molecular formula is C15H22O3. The number of methoxy groups -OCH3 is 1. The van der Waals surface area contributed by atoms with Crippen molar-refractivity contribution in [3.8, 4) is 0 Å². The largest absolute Gasteiger partial charge is 0.493 e. The van der Waals surface area contributed by atoms with E-state index < -0.39 is 6.10 Å². The number of carbonyl (C=O) groups excluding carboxylic acids is 1. The van der Waals surface area contributed by atoms with Crippen molar-refractivity contribution in [1.29, 1.82) is 0 Å². The Hall–Kier alpha value is -0.830. The monoisotopic (exact) mass is 250 g/mol. The fourth-order valence-corrected chi connectivity index (χ4v) is 5.11. The van der Waals surface area contributed by atoms with Crippen LogP contribution >= 0.6 is 0 Å². The highest BCUT2D eigenvalue weighted by Crippen LogP contribution is 2.74. The van der Waals surface area contributed by atoms with Gasteiger partial charge in [-0.1, -0.05) is 27.2 Å². The maximum Gasteiger partial charge on any atom is 0.203 e. The van der Waals surface area contributed by atoms with E-state index in [2.05, 4.69) is 20.8 Å². The number of aliphatic hydroxyl groups excluding tert-OH is 1. The second-order valence-corrected chi connectivity index (χ2v) is 6.89. The molecule has 0 aromatic rings. The minimum absolute atomic E-state index is 0.00407. The van der Waals surface area contributed by atoms with Crippen molar-refractivity contribution in [3.63, 3.8) is 0 Å². The zero-order valence-electron chi connectivity index (χ0n) is 11.6. The molecule has 3 nitrogen and oxygen atoms in total. The summed E-state index contributed by atoms with van der Waals surface area (Å²) in [5.41, 5.74) is -0.461. The van der Waals surface area contributed by atoms with Gasteiger partial charge in [-0.2, -0.15) is 0 Å². The fraction of sp³-hybridized carbons (Fsp3) is 0.800. The number of Topliss-reactive ketones (excluding diaryl/α,β-unsaturated/α-hetero) is 1. The summed E-state index contributed by atoms with van der Waals surface area (Å²) in [5, 5.41) is 10.7. The fourth-order valence-electron chi connectivity index (χ4n) is 5.11. The van der Waals surface area contributed by atoms with E-state index in [1.807, 2.05) is 6.08 Å². The molecule has 0 aromatic carbocycles. The Kier molecular flexibility index (Phi) is 2.16. The smallest absolute Gasteiger partial charge is 0.203 e. The molecular weight excluding hydrogens is 228 g/mol. The lowest BCUT2D eigenvalue weighted by Gasteiger charge is -2.44. The second kappa shape index (κ2) is 3.19. The van der Waals surface area contributed by atoms with Crippen LogP contribution in [0.2, 0.25) is 0 Å². The predicted molar refractivity (Wildman–Crippen MR) is 67.8 cm³/mol. The first-order valence-electron chi connectivity index (χ1n) is 6.81. The molecule has 3 rings (SSSR count). The first-order valence-corrected chi connectivity index (χ1v) is 6.81. The van der Waals surface area contributed by atoms with Gasteiger partial charge in [0.2, 0.25) is 5.78 Å². The minimum atomic E-state index is -0.570. The van der Waals surface area contributed by atoms with E-state index in [-0.39, 0.29) is 27.9 Å². The maximum absolute atomic E-state index is 12.5. The lowest BCUT2D eigenvalue weighted by Crippen LogP contribution is -2.43. The summed E-state index contributed by atoms with van der Waals surface area (Å²) in [7, 11) is 1.55. The van der Waals surface area contributed by atoms with Gasteiger partial charge in [-0.05, 0) is 29.7 Å². The molecule has 2 bridgehead atoms. The van der Waals surface area contributed by atoms with Crippen LogP contribution in [0, 0.1) is 22.2 Å². The summed E-state index contributed by atoms with van der Waals surface area (Å²) in [4.78, 5) is 12.5. The number of ether oxygens (including phenoxy) is 1. The lowest BCUT2D eigenvalue weighted by atomic mass is 9.60. The summed E-state index contributed by atoms with van der Waals surface area (Å²) in [6.07, 6.45) is 4.58. The summed E-state index contributed by atoms with van der Waals surface area (Å²) in [6.45, 7) is 6.52. The quantitative estimate of drug-likeness (QED) is 0.776. The molecule has 100 valence electrons. The molecule has 0 spiro atoms. The Labute approximate surface area is 108 Å². The summed E-state index contributed by atoms with van der Waals surface area (Å²) in [5.74, 6) is 0.148. The van der Waals surface area contributed by atoms with E-state index in [1.54, 1.807) is 7.11 Å². The van der Waals surface area contributed by atoms with Crippen LogP contribution in [-0.4, -0.2) is 24.1 Å². The molecule has 0 heterocycles. The SMILES string of the molecule is COC1=CC2(C)C(O)C(C1=O)C1(C)CCCC21C. The van der Waals surface area contributed by atoms with E-state index in [9.17, 15) is 9.90 Å². The maximum atomic E-state index is 12.5. The van der Waals surface area contributed by atoms with Gasteiger partial charge in [-0.25, -0.2) is 0 Å². The number of hydrogen-bond donors (Lipinski definition) is 1. The summed E-state index contributed by atoms with van der Waals surface area (Å²) < 4.78 is 5.25. The number of carbonyl (C=O) groups is 1. The van der Waals surface area contributed by atoms with Crippen LogP contribution in [0.15, 0.2) is 11.8 Å². The van der Waals surface area contributed by atoms with E-state index in [0.717, 1.165) is 19.3 Å². The standard InChI is InChI=1S/C15H22O3/c1-13-6-5-7-15(13,3)14(2)8-9(18-4)11(16)10(13)12(14)17/h8,10,12,17H,5-7H2,1-4H3. The number of rotatable bonds is 1. The number of fused-ring (bicyclic) bond motifs is 5. The highest BCUT2D eigenvalue weighted by atomic mass is 16.5. The first kappa shape index (κ1) is 12.2. The van der Waals surface area contributed by atoms with Crippen molar-refractivity contribution in [2.75, 3.05) is 7.11 Å². The summed E-state index contributed by atoms with van der Waals surface area (Å²) >= 11 is 0. The Bertz CT molecular complexity index is 455. The average Bonchev–Trinajstić information content (AvgIpc) is 2.66. The highest BCUT2D eigenvalue weighted by molar-refractivity contribution is 5.98. The normalized spacial score (nSPS) is 54.3. The molecule has 0 amide bonds. The molecule has 3 aliphatic rings. The molecule has 3 heteroatoms. The Morgan fingerprint density at radius 3 is 2.61 bits per heavy atom. The van der Waals surface area contributed by atoms with E-state index >= 15 is 0 Å². The number of ketones is 1. The molecule has 2 fully saturated rings. The van der Waals surface area contributed by atoms with Crippen molar-refractivity contribution in [3.05, 3.63) is 11.8 Å². The van der Waals surface area contributed by atoms with Crippen molar-refractivity contribution in [1.82, 2.24) is 0 Å². The number of aliphatic hydroxyl groups is 1. The topological polar surface area (TPSA) is 46.5 Å². The van der Waals surface area contributed by atoms with Gasteiger partial charge in [0.15, 0.2) is 5.76 Å². The lowest BCUT2D eigenvalue weighted by molar-refractivity contribution is -0.130. The molecule has 2 saturated carbocycles. The van der Waals surface area contributed by atoms with Gasteiger partial charge < -0.3 is 9.84 Å².